The molecule has 0 radical (unpaired) electrons. The minimum Gasteiger partial charge on any atom is -0.478 e. The molecule has 21 heavy (non-hydrogen) atoms. The highest BCUT2D eigenvalue weighted by Gasteiger charge is 2.21. The molecule has 0 aliphatic carbocycles. The Bertz CT molecular complexity index is 812. The second-order valence-corrected chi connectivity index (χ2v) is 5.73. The Morgan fingerprint density at radius 2 is 2.05 bits per heavy atom. The Kier molecular flexibility index (Phi) is 4.05. The number of aromatic nitrogens is 2. The average Bonchev–Trinajstić information content (AvgIpc) is 2.48. The summed E-state index contributed by atoms with van der Waals surface area (Å²) >= 11 is 0. The van der Waals surface area contributed by atoms with Gasteiger partial charge >= 0.3 is 0 Å². The maximum atomic E-state index is 12.3. The number of nitrogens with zero attached hydrogens (tertiary/aromatic N) is 3. The summed E-state index contributed by atoms with van der Waals surface area (Å²) in [5.74, 6) is 0.0313. The molecule has 7 nitrogen and oxygen atoms in total. The summed E-state index contributed by atoms with van der Waals surface area (Å²) < 4.78 is 32.0. The standard InChI is InChI=1S/C13H12N4O3S/c1-9-8-15-12(13(16-9)20-2)17-21(18,19)11-6-4-3-5-10(11)7-14/h3-6,8H,1-2H3,(H,15,17). The van der Waals surface area contributed by atoms with Gasteiger partial charge in [0.2, 0.25) is 5.82 Å². The molecule has 0 saturated carbocycles. The van der Waals surface area contributed by atoms with E-state index in [0.29, 0.717) is 5.69 Å². The molecular weight excluding hydrogens is 292 g/mol. The second-order valence-electron chi connectivity index (χ2n) is 4.08. The van der Waals surface area contributed by atoms with Crippen LogP contribution in [0.3, 0.4) is 0 Å². The number of anilines is 1. The van der Waals surface area contributed by atoms with Crippen molar-refractivity contribution in [3.63, 3.8) is 0 Å². The SMILES string of the molecule is COc1nc(C)cnc1NS(=O)(=O)c1ccccc1C#N. The highest BCUT2D eigenvalue weighted by molar-refractivity contribution is 7.92. The maximum absolute atomic E-state index is 12.3. The fraction of sp³-hybridized carbons (Fsp3) is 0.154. The monoisotopic (exact) mass is 304 g/mol. The number of hydrogen-bond donors (Lipinski definition) is 1. The van der Waals surface area contributed by atoms with Gasteiger partial charge in [0.05, 0.1) is 24.6 Å². The summed E-state index contributed by atoms with van der Waals surface area (Å²) in [4.78, 5) is 7.86. The lowest BCUT2D eigenvalue weighted by molar-refractivity contribution is 0.397. The van der Waals surface area contributed by atoms with Gasteiger partial charge in [0.25, 0.3) is 15.9 Å². The zero-order valence-corrected chi connectivity index (χ0v) is 12.2. The van der Waals surface area contributed by atoms with Crippen molar-refractivity contribution in [1.82, 2.24) is 9.97 Å². The maximum Gasteiger partial charge on any atom is 0.264 e. The lowest BCUT2D eigenvalue weighted by atomic mass is 10.2. The molecule has 0 aliphatic rings. The van der Waals surface area contributed by atoms with Crippen molar-refractivity contribution in [2.24, 2.45) is 0 Å². The Hall–Kier alpha value is -2.66. The molecule has 1 aromatic heterocycles. The van der Waals surface area contributed by atoms with Gasteiger partial charge < -0.3 is 4.74 Å². The van der Waals surface area contributed by atoms with Crippen molar-refractivity contribution in [1.29, 1.82) is 5.26 Å². The van der Waals surface area contributed by atoms with Crippen LogP contribution < -0.4 is 9.46 Å². The van der Waals surface area contributed by atoms with Crippen LogP contribution in [0.25, 0.3) is 0 Å². The molecular formula is C13H12N4O3S. The number of nitrogens with one attached hydrogen (secondary N) is 1. The summed E-state index contributed by atoms with van der Waals surface area (Å²) in [6.45, 7) is 1.71. The normalized spacial score (nSPS) is 10.7. The fourth-order valence-electron chi connectivity index (χ4n) is 1.64. The van der Waals surface area contributed by atoms with Gasteiger partial charge in [-0.25, -0.2) is 18.4 Å². The van der Waals surface area contributed by atoms with Crippen LogP contribution in [-0.2, 0) is 10.0 Å². The van der Waals surface area contributed by atoms with Crippen LogP contribution in [-0.4, -0.2) is 25.5 Å². The predicted molar refractivity (Wildman–Crippen MR) is 75.3 cm³/mol. The van der Waals surface area contributed by atoms with Gasteiger partial charge in [-0.3, -0.25) is 4.72 Å². The van der Waals surface area contributed by atoms with E-state index in [1.807, 2.05) is 6.07 Å². The van der Waals surface area contributed by atoms with E-state index >= 15 is 0 Å². The first kappa shape index (κ1) is 14.7. The van der Waals surface area contributed by atoms with Gasteiger partial charge in [-0.1, -0.05) is 12.1 Å². The van der Waals surface area contributed by atoms with Gasteiger partial charge in [-0.2, -0.15) is 5.26 Å². The molecule has 0 fully saturated rings. The van der Waals surface area contributed by atoms with E-state index in [0.717, 1.165) is 0 Å². The first-order chi connectivity index (χ1) is 9.97. The molecule has 2 rings (SSSR count). The Balaban J connectivity index is 2.45. The number of rotatable bonds is 4. The molecule has 0 atom stereocenters. The van der Waals surface area contributed by atoms with Gasteiger partial charge in [0.1, 0.15) is 11.0 Å². The number of ether oxygens (including phenoxy) is 1. The quantitative estimate of drug-likeness (QED) is 0.917. The van der Waals surface area contributed by atoms with Gasteiger partial charge in [-0.05, 0) is 19.1 Å². The van der Waals surface area contributed by atoms with Crippen molar-refractivity contribution < 1.29 is 13.2 Å². The minimum atomic E-state index is -3.96. The van der Waals surface area contributed by atoms with Gasteiger partial charge in [0, 0.05) is 0 Å². The van der Waals surface area contributed by atoms with Crippen LogP contribution in [0.1, 0.15) is 11.3 Å². The molecule has 108 valence electrons. The first-order valence-electron chi connectivity index (χ1n) is 5.87. The lowest BCUT2D eigenvalue weighted by Crippen LogP contribution is -2.16. The smallest absolute Gasteiger partial charge is 0.264 e. The third-order valence-electron chi connectivity index (χ3n) is 2.58. The van der Waals surface area contributed by atoms with E-state index in [4.69, 9.17) is 10.00 Å². The molecule has 1 heterocycles. The topological polar surface area (TPSA) is 105 Å². The van der Waals surface area contributed by atoms with Crippen LogP contribution in [0.15, 0.2) is 35.4 Å². The van der Waals surface area contributed by atoms with Crippen LogP contribution in [0.4, 0.5) is 5.82 Å². The molecule has 0 amide bonds. The minimum absolute atomic E-state index is 0.0316. The van der Waals surface area contributed by atoms with Crippen LogP contribution >= 0.6 is 0 Å². The van der Waals surface area contributed by atoms with E-state index in [1.54, 1.807) is 13.0 Å². The van der Waals surface area contributed by atoms with Crippen LogP contribution in [0.2, 0.25) is 0 Å². The molecule has 0 spiro atoms. The van der Waals surface area contributed by atoms with Crippen molar-refractivity contribution in [2.75, 3.05) is 11.8 Å². The van der Waals surface area contributed by atoms with E-state index in [9.17, 15) is 8.42 Å². The van der Waals surface area contributed by atoms with Gasteiger partial charge in [-0.15, -0.1) is 0 Å². The number of aryl methyl sites for hydroxylation is 1. The second kappa shape index (κ2) is 5.76. The molecule has 1 N–H and O–H groups in total. The molecule has 0 aliphatic heterocycles. The summed E-state index contributed by atoms with van der Waals surface area (Å²) in [5.41, 5.74) is 0.635. The summed E-state index contributed by atoms with van der Waals surface area (Å²) in [6, 6.07) is 7.73. The molecule has 2 aromatic rings. The number of sulfonamides is 1. The van der Waals surface area contributed by atoms with Crippen LogP contribution in [0.5, 0.6) is 5.88 Å². The third-order valence-corrected chi connectivity index (χ3v) is 3.98. The van der Waals surface area contributed by atoms with Crippen molar-refractivity contribution in [3.05, 3.63) is 41.7 Å². The largest absolute Gasteiger partial charge is 0.478 e. The molecule has 0 unspecified atom stereocenters. The highest BCUT2D eigenvalue weighted by Crippen LogP contribution is 2.23. The lowest BCUT2D eigenvalue weighted by Gasteiger charge is -2.11. The third kappa shape index (κ3) is 3.09. The van der Waals surface area contributed by atoms with Gasteiger partial charge in [0.15, 0.2) is 0 Å². The van der Waals surface area contributed by atoms with E-state index in [1.165, 1.54) is 31.5 Å². The molecule has 0 bridgehead atoms. The van der Waals surface area contributed by atoms with E-state index < -0.39 is 10.0 Å². The van der Waals surface area contributed by atoms with E-state index in [-0.39, 0.29) is 22.2 Å². The molecule has 0 saturated heterocycles. The zero-order valence-electron chi connectivity index (χ0n) is 11.4. The highest BCUT2D eigenvalue weighted by atomic mass is 32.2. The molecule has 8 heteroatoms. The van der Waals surface area contributed by atoms with E-state index in [2.05, 4.69) is 14.7 Å². The summed E-state index contributed by atoms with van der Waals surface area (Å²) in [6.07, 6.45) is 1.41. The summed E-state index contributed by atoms with van der Waals surface area (Å²) in [5, 5.41) is 8.99. The summed E-state index contributed by atoms with van der Waals surface area (Å²) in [7, 11) is -2.59. The number of hydrogen-bond acceptors (Lipinski definition) is 6. The number of benzene rings is 1. The van der Waals surface area contributed by atoms with Crippen molar-refractivity contribution >= 4 is 15.8 Å². The van der Waals surface area contributed by atoms with Crippen molar-refractivity contribution in [3.8, 4) is 11.9 Å². The molecule has 1 aromatic carbocycles. The Morgan fingerprint density at radius 1 is 1.33 bits per heavy atom. The Morgan fingerprint density at radius 3 is 2.71 bits per heavy atom. The Labute approximate surface area is 122 Å². The fourth-order valence-corrected chi connectivity index (χ4v) is 2.81. The van der Waals surface area contributed by atoms with Crippen molar-refractivity contribution in [2.45, 2.75) is 11.8 Å². The average molecular weight is 304 g/mol. The number of methoxy groups -OCH3 is 1. The predicted octanol–water partition coefficient (Wildman–Crippen LogP) is 1.47. The first-order valence-corrected chi connectivity index (χ1v) is 7.36. The van der Waals surface area contributed by atoms with Crippen LogP contribution in [0, 0.1) is 18.3 Å². The zero-order chi connectivity index (χ0) is 15.5. The number of nitriles is 1.